The average Bonchev–Trinajstić information content (AvgIpc) is 2.70. The van der Waals surface area contributed by atoms with Crippen LogP contribution in [-0.2, 0) is 17.0 Å². The third-order valence-electron chi connectivity index (χ3n) is 2.95. The average molecular weight is 362 g/mol. The van der Waals surface area contributed by atoms with Crippen LogP contribution in [0.1, 0.15) is 20.8 Å². The molecular weight excluding hydrogens is 341 g/mol. The third-order valence-corrected chi connectivity index (χ3v) is 5.94. The summed E-state index contributed by atoms with van der Waals surface area (Å²) in [6.45, 7) is 11.2. The Morgan fingerprint density at radius 3 is 2.15 bits per heavy atom. The quantitative estimate of drug-likeness (QED) is 0.572. The molecule has 0 bridgehead atoms. The van der Waals surface area contributed by atoms with Crippen molar-refractivity contribution >= 4 is 26.8 Å². The van der Waals surface area contributed by atoms with Crippen LogP contribution in [0.3, 0.4) is 0 Å². The molecule has 0 amide bonds. The predicted octanol–water partition coefficient (Wildman–Crippen LogP) is 5.55. The SMILES string of the molecule is CC(C)(C)[N-][Si](C)(C)[C]1[CH][CH][C]2C=CC=C[C]21.[Cl][Ti][Cl]. The van der Waals surface area contributed by atoms with Gasteiger partial charge in [-0.15, -0.1) is 5.54 Å². The van der Waals surface area contributed by atoms with Crippen LogP contribution in [0.25, 0.3) is 4.98 Å². The standard InChI is InChI=1S/C15H21NSi.2ClH.Ti/c1-15(2,3)16-17(4,5)14-11-10-12-8-6-7-9-13(12)14;;;/h6-11H,1-5H3;2*1H;/q-1;;;+2/p-2. The minimum atomic E-state index is -1.70. The van der Waals surface area contributed by atoms with Gasteiger partial charge in [-0.05, 0) is 18.4 Å². The van der Waals surface area contributed by atoms with Crippen molar-refractivity contribution in [3.05, 3.63) is 59.5 Å². The molecule has 0 aromatic rings. The summed E-state index contributed by atoms with van der Waals surface area (Å²) in [6, 6.07) is 0. The molecule has 5 radical (unpaired) electrons. The molecule has 0 heterocycles. The fourth-order valence-electron chi connectivity index (χ4n) is 2.58. The van der Waals surface area contributed by atoms with Crippen molar-refractivity contribution < 1.29 is 17.0 Å². The molecule has 2 aliphatic rings. The number of hydrogen-bond acceptors (Lipinski definition) is 0. The molecule has 20 heavy (non-hydrogen) atoms. The van der Waals surface area contributed by atoms with Crippen molar-refractivity contribution in [2.24, 2.45) is 0 Å². The Kier molecular flexibility index (Phi) is 7.59. The van der Waals surface area contributed by atoms with E-state index in [1.165, 1.54) is 17.4 Å². The van der Waals surface area contributed by atoms with E-state index in [1.807, 2.05) is 0 Å². The van der Waals surface area contributed by atoms with Crippen molar-refractivity contribution in [1.29, 1.82) is 0 Å². The summed E-state index contributed by atoms with van der Waals surface area (Å²) >= 11 is -0.556. The van der Waals surface area contributed by atoms with Crippen molar-refractivity contribution in [3.8, 4) is 0 Å². The number of fused-ring (bicyclic) bond motifs is 1. The van der Waals surface area contributed by atoms with Crippen molar-refractivity contribution in [1.82, 2.24) is 0 Å². The van der Waals surface area contributed by atoms with Gasteiger partial charge >= 0.3 is 35.6 Å². The summed E-state index contributed by atoms with van der Waals surface area (Å²) in [5, 5.41) is 0. The van der Waals surface area contributed by atoms with E-state index in [4.69, 9.17) is 23.6 Å². The molecule has 0 unspecified atom stereocenters. The molecule has 2 aliphatic carbocycles. The van der Waals surface area contributed by atoms with E-state index in [9.17, 15) is 0 Å². The minimum absolute atomic E-state index is 0.0497. The van der Waals surface area contributed by atoms with Gasteiger partial charge in [0.05, 0.1) is 0 Å². The molecular formula is C15H21Cl2NSiTi-. The summed E-state index contributed by atoms with van der Waals surface area (Å²) in [4.78, 5) is 5.07. The number of rotatable bonds is 2. The normalized spacial score (nSPS) is 20.6. The van der Waals surface area contributed by atoms with Crippen LogP contribution < -0.4 is 0 Å². The van der Waals surface area contributed by atoms with Gasteiger partial charge in [0.25, 0.3) is 0 Å². The van der Waals surface area contributed by atoms with E-state index >= 15 is 0 Å². The molecule has 2 rings (SSSR count). The Hall–Kier alpha value is 0.951. The van der Waals surface area contributed by atoms with E-state index < -0.39 is 25.3 Å². The van der Waals surface area contributed by atoms with Crippen LogP contribution in [0.15, 0.2) is 24.3 Å². The zero-order valence-electron chi connectivity index (χ0n) is 12.7. The maximum absolute atomic E-state index is 5.07. The van der Waals surface area contributed by atoms with Crippen LogP contribution in [0.2, 0.25) is 13.1 Å². The molecule has 1 nitrogen and oxygen atoms in total. The Morgan fingerprint density at radius 2 is 1.60 bits per heavy atom. The van der Waals surface area contributed by atoms with Gasteiger partial charge in [-0.3, -0.25) is 0 Å². The Morgan fingerprint density at radius 1 is 1.05 bits per heavy atom. The van der Waals surface area contributed by atoms with Crippen LogP contribution in [0.5, 0.6) is 0 Å². The number of allylic oxidation sites excluding steroid dienone is 4. The third kappa shape index (κ3) is 5.62. The second-order valence-corrected chi connectivity index (χ2v) is 12.7. The Bertz CT molecular complexity index is 363. The summed E-state index contributed by atoms with van der Waals surface area (Å²) in [5.41, 5.74) is 1.51. The fraction of sp³-hybridized carbons (Fsp3) is 0.400. The van der Waals surface area contributed by atoms with Gasteiger partial charge in [-0.25, -0.2) is 0 Å². The van der Waals surface area contributed by atoms with Crippen molar-refractivity contribution in [2.45, 2.75) is 39.4 Å². The first-order valence-corrected chi connectivity index (χ1v) is 13.8. The van der Waals surface area contributed by atoms with Crippen LogP contribution in [0, 0.1) is 30.2 Å². The molecule has 109 valence electrons. The Balaban J connectivity index is 0.000000612. The van der Waals surface area contributed by atoms with Gasteiger partial charge in [0.1, 0.15) is 0 Å². The molecule has 0 aromatic carbocycles. The maximum atomic E-state index is 5.07. The van der Waals surface area contributed by atoms with Crippen LogP contribution in [-0.4, -0.2) is 13.8 Å². The van der Waals surface area contributed by atoms with Gasteiger partial charge in [0.15, 0.2) is 0 Å². The summed E-state index contributed by atoms with van der Waals surface area (Å²) in [6.07, 6.45) is 13.1. The molecule has 0 saturated heterocycles. The molecule has 1 fully saturated rings. The van der Waals surface area contributed by atoms with E-state index in [0.717, 1.165) is 0 Å². The summed E-state index contributed by atoms with van der Waals surface area (Å²) in [7, 11) is 8.08. The second kappa shape index (κ2) is 7.99. The van der Waals surface area contributed by atoms with Crippen molar-refractivity contribution in [2.75, 3.05) is 0 Å². The monoisotopic (exact) mass is 361 g/mol. The first kappa shape index (κ1) is 19.0. The van der Waals surface area contributed by atoms with E-state index in [1.54, 1.807) is 0 Å². The second-order valence-electron chi connectivity index (χ2n) is 6.25. The fourth-order valence-corrected chi connectivity index (χ4v) is 5.76. The van der Waals surface area contributed by atoms with E-state index in [0.29, 0.717) is 0 Å². The molecule has 0 spiro atoms. The predicted molar refractivity (Wildman–Crippen MR) is 88.9 cm³/mol. The topological polar surface area (TPSA) is 14.1 Å². The molecule has 0 aromatic heterocycles. The van der Waals surface area contributed by atoms with E-state index in [2.05, 4.69) is 71.0 Å². The van der Waals surface area contributed by atoms with Crippen molar-refractivity contribution in [3.63, 3.8) is 0 Å². The molecule has 0 N–H and O–H groups in total. The van der Waals surface area contributed by atoms with Gasteiger partial charge < -0.3 is 4.98 Å². The van der Waals surface area contributed by atoms with E-state index in [-0.39, 0.29) is 5.54 Å². The summed E-state index contributed by atoms with van der Waals surface area (Å²) in [5.74, 6) is 2.73. The number of hydrogen-bond donors (Lipinski definition) is 0. The van der Waals surface area contributed by atoms with Gasteiger partial charge in [-0.1, -0.05) is 66.4 Å². The van der Waals surface area contributed by atoms with Gasteiger partial charge in [-0.2, -0.15) is 0 Å². The Labute approximate surface area is 142 Å². The number of halogens is 2. The van der Waals surface area contributed by atoms with Gasteiger partial charge in [0.2, 0.25) is 0 Å². The summed E-state index contributed by atoms with van der Waals surface area (Å²) < 4.78 is 0. The molecule has 1 saturated carbocycles. The molecule has 0 atom stereocenters. The molecule has 0 aliphatic heterocycles. The number of nitrogens with zero attached hydrogens (tertiary/aromatic N) is 1. The van der Waals surface area contributed by atoms with Gasteiger partial charge in [0, 0.05) is 11.8 Å². The van der Waals surface area contributed by atoms with Crippen LogP contribution >= 0.6 is 18.6 Å². The zero-order valence-corrected chi connectivity index (χ0v) is 16.7. The first-order valence-electron chi connectivity index (χ1n) is 6.56. The van der Waals surface area contributed by atoms with Crippen LogP contribution in [0.4, 0.5) is 0 Å². The first-order chi connectivity index (χ1) is 9.21. The zero-order chi connectivity index (χ0) is 15.4. The molecule has 5 heteroatoms.